The number of thiol groups is 1. The summed E-state index contributed by atoms with van der Waals surface area (Å²) in [6, 6.07) is 18.5. The Labute approximate surface area is 163 Å². The van der Waals surface area contributed by atoms with Crippen molar-refractivity contribution in [1.29, 1.82) is 0 Å². The van der Waals surface area contributed by atoms with Gasteiger partial charge in [0.2, 0.25) is 0 Å². The van der Waals surface area contributed by atoms with E-state index < -0.39 is 0 Å². The molecular weight excluding hydrogens is 357 g/mol. The monoisotopic (exact) mass is 375 g/mol. The molecule has 0 spiro atoms. The Morgan fingerprint density at radius 2 is 1.67 bits per heavy atom. The lowest BCUT2D eigenvalue weighted by Crippen LogP contribution is -1.97. The largest absolute Gasteiger partial charge is 0.299 e. The van der Waals surface area contributed by atoms with Crippen LogP contribution in [-0.4, -0.2) is 14.5 Å². The number of rotatable bonds is 4. The number of hydrogen-bond acceptors (Lipinski definition) is 3. The highest BCUT2D eigenvalue weighted by Crippen LogP contribution is 2.28. The van der Waals surface area contributed by atoms with Crippen molar-refractivity contribution in [3.05, 3.63) is 90.1 Å². The first-order chi connectivity index (χ1) is 13.1. The van der Waals surface area contributed by atoms with E-state index in [1.54, 1.807) is 18.3 Å². The molecule has 0 aliphatic carbocycles. The van der Waals surface area contributed by atoms with Crippen LogP contribution < -0.4 is 0 Å². The van der Waals surface area contributed by atoms with E-state index in [1.807, 2.05) is 42.0 Å². The maximum absolute atomic E-state index is 13.4. The van der Waals surface area contributed by atoms with Crippen LogP contribution in [0.5, 0.6) is 0 Å². The molecule has 0 atom stereocenters. The van der Waals surface area contributed by atoms with Gasteiger partial charge in [-0.15, -0.1) is 0 Å². The summed E-state index contributed by atoms with van der Waals surface area (Å²) >= 11 is 4.31. The van der Waals surface area contributed by atoms with Crippen LogP contribution in [-0.2, 0) is 5.75 Å². The van der Waals surface area contributed by atoms with Crippen molar-refractivity contribution >= 4 is 12.6 Å². The number of aromatic nitrogens is 3. The fourth-order valence-electron chi connectivity index (χ4n) is 2.98. The van der Waals surface area contributed by atoms with Crippen LogP contribution in [0.4, 0.5) is 4.39 Å². The van der Waals surface area contributed by atoms with Gasteiger partial charge in [0.1, 0.15) is 11.6 Å². The fraction of sp³-hybridized carbons (Fsp3) is 0.0909. The van der Waals surface area contributed by atoms with E-state index >= 15 is 0 Å². The van der Waals surface area contributed by atoms with Crippen LogP contribution in [0, 0.1) is 12.7 Å². The molecule has 0 aliphatic heterocycles. The maximum Gasteiger partial charge on any atom is 0.145 e. The molecule has 0 saturated carbocycles. The highest BCUT2D eigenvalue weighted by atomic mass is 32.1. The van der Waals surface area contributed by atoms with Crippen molar-refractivity contribution in [2.45, 2.75) is 12.7 Å². The lowest BCUT2D eigenvalue weighted by Gasteiger charge is -2.08. The molecule has 0 amide bonds. The first-order valence-electron chi connectivity index (χ1n) is 8.62. The van der Waals surface area contributed by atoms with Gasteiger partial charge in [0.15, 0.2) is 0 Å². The summed E-state index contributed by atoms with van der Waals surface area (Å²) in [5.41, 5.74) is 5.77. The maximum atomic E-state index is 13.4. The zero-order valence-electron chi connectivity index (χ0n) is 14.8. The molecule has 4 aromatic rings. The van der Waals surface area contributed by atoms with Crippen molar-refractivity contribution in [3.8, 4) is 28.3 Å². The Morgan fingerprint density at radius 1 is 0.963 bits per heavy atom. The molecule has 0 saturated heterocycles. The van der Waals surface area contributed by atoms with E-state index in [-0.39, 0.29) is 5.82 Å². The van der Waals surface area contributed by atoms with Gasteiger partial charge in [0.25, 0.3) is 0 Å². The molecule has 4 rings (SSSR count). The lowest BCUT2D eigenvalue weighted by molar-refractivity contribution is 0.628. The molecule has 2 aromatic carbocycles. The topological polar surface area (TPSA) is 30.7 Å². The van der Waals surface area contributed by atoms with Crippen LogP contribution >= 0.6 is 12.6 Å². The van der Waals surface area contributed by atoms with Crippen molar-refractivity contribution in [2.24, 2.45) is 0 Å². The number of benzene rings is 2. The minimum atomic E-state index is -0.265. The first-order valence-corrected chi connectivity index (χ1v) is 9.26. The average Bonchev–Trinajstić information content (AvgIpc) is 3.14. The number of pyridine rings is 1. The Morgan fingerprint density at radius 3 is 2.33 bits per heavy atom. The predicted octanol–water partition coefficient (Wildman–Crippen LogP) is 5.48. The van der Waals surface area contributed by atoms with Crippen LogP contribution in [0.15, 0.2) is 73.1 Å². The molecule has 134 valence electrons. The second kappa shape index (κ2) is 7.37. The average molecular weight is 375 g/mol. The van der Waals surface area contributed by atoms with E-state index in [0.29, 0.717) is 5.75 Å². The second-order valence-electron chi connectivity index (χ2n) is 6.34. The summed E-state index contributed by atoms with van der Waals surface area (Å²) in [6.45, 7) is 1.95. The van der Waals surface area contributed by atoms with Crippen LogP contribution in [0.3, 0.4) is 0 Å². The summed E-state index contributed by atoms with van der Waals surface area (Å²) < 4.78 is 15.4. The normalized spacial score (nSPS) is 10.9. The molecule has 5 heteroatoms. The zero-order chi connectivity index (χ0) is 18.8. The molecule has 2 heterocycles. The number of aryl methyl sites for hydroxylation is 1. The van der Waals surface area contributed by atoms with Crippen molar-refractivity contribution in [2.75, 3.05) is 0 Å². The van der Waals surface area contributed by atoms with Crippen molar-refractivity contribution < 1.29 is 4.39 Å². The third kappa shape index (κ3) is 3.64. The number of nitrogens with zero attached hydrogens (tertiary/aromatic N) is 3. The smallest absolute Gasteiger partial charge is 0.145 e. The van der Waals surface area contributed by atoms with E-state index in [9.17, 15) is 4.39 Å². The standard InChI is InChI=1S/C22H18FN3S/c1-15-12-20(10-11-24-15)26-13-21(17-4-2-16(14-27)3-5-17)25-22(26)18-6-8-19(23)9-7-18/h2-13,27H,14H2,1H3. The van der Waals surface area contributed by atoms with E-state index in [0.717, 1.165) is 39.6 Å². The Balaban J connectivity index is 1.87. The number of imidazole rings is 1. The molecule has 27 heavy (non-hydrogen) atoms. The minimum absolute atomic E-state index is 0.265. The summed E-state index contributed by atoms with van der Waals surface area (Å²) in [5, 5.41) is 0. The molecule has 2 aromatic heterocycles. The number of halogens is 1. The van der Waals surface area contributed by atoms with E-state index in [4.69, 9.17) is 4.98 Å². The van der Waals surface area contributed by atoms with Crippen LogP contribution in [0.25, 0.3) is 28.3 Å². The zero-order valence-corrected chi connectivity index (χ0v) is 15.7. The molecule has 0 fully saturated rings. The third-order valence-corrected chi connectivity index (χ3v) is 4.76. The molecule has 0 bridgehead atoms. The second-order valence-corrected chi connectivity index (χ2v) is 6.65. The van der Waals surface area contributed by atoms with Gasteiger partial charge in [-0.05, 0) is 48.9 Å². The van der Waals surface area contributed by atoms with Gasteiger partial charge >= 0.3 is 0 Å². The van der Waals surface area contributed by atoms with Crippen molar-refractivity contribution in [3.63, 3.8) is 0 Å². The molecular formula is C22H18FN3S. The molecule has 0 unspecified atom stereocenters. The molecule has 0 radical (unpaired) electrons. The van der Waals surface area contributed by atoms with Gasteiger partial charge in [-0.2, -0.15) is 12.6 Å². The van der Waals surface area contributed by atoms with Crippen LogP contribution in [0.1, 0.15) is 11.3 Å². The molecule has 0 aliphatic rings. The summed E-state index contributed by atoms with van der Waals surface area (Å²) in [6.07, 6.45) is 3.78. The first kappa shape index (κ1) is 17.5. The highest BCUT2D eigenvalue weighted by Gasteiger charge is 2.13. The van der Waals surface area contributed by atoms with E-state index in [2.05, 4.69) is 29.7 Å². The summed E-state index contributed by atoms with van der Waals surface area (Å²) in [5.74, 6) is 1.19. The van der Waals surface area contributed by atoms with Gasteiger partial charge in [0.05, 0.1) is 11.4 Å². The summed E-state index contributed by atoms with van der Waals surface area (Å²) in [7, 11) is 0. The Bertz CT molecular complexity index is 1070. The van der Waals surface area contributed by atoms with Gasteiger partial charge < -0.3 is 0 Å². The third-order valence-electron chi connectivity index (χ3n) is 4.40. The Hall–Kier alpha value is -2.92. The van der Waals surface area contributed by atoms with Gasteiger partial charge in [-0.1, -0.05) is 24.3 Å². The van der Waals surface area contributed by atoms with E-state index in [1.165, 1.54) is 12.1 Å². The number of hydrogen-bond donors (Lipinski definition) is 1. The Kier molecular flexibility index (Phi) is 4.77. The SMILES string of the molecule is Cc1cc(-n2cc(-c3ccc(CS)cc3)nc2-c2ccc(F)cc2)ccn1. The molecule has 3 nitrogen and oxygen atoms in total. The minimum Gasteiger partial charge on any atom is -0.299 e. The lowest BCUT2D eigenvalue weighted by atomic mass is 10.1. The highest BCUT2D eigenvalue weighted by molar-refractivity contribution is 7.79. The fourth-order valence-corrected chi connectivity index (χ4v) is 3.19. The summed E-state index contributed by atoms with van der Waals surface area (Å²) in [4.78, 5) is 9.12. The van der Waals surface area contributed by atoms with Gasteiger partial charge in [-0.3, -0.25) is 9.55 Å². The van der Waals surface area contributed by atoms with Crippen molar-refractivity contribution in [1.82, 2.24) is 14.5 Å². The molecule has 0 N–H and O–H groups in total. The van der Waals surface area contributed by atoms with Gasteiger partial charge in [-0.25, -0.2) is 9.37 Å². The van der Waals surface area contributed by atoms with Gasteiger partial charge in [0, 0.05) is 35.0 Å². The quantitative estimate of drug-likeness (QED) is 0.479. The predicted molar refractivity (Wildman–Crippen MR) is 110 cm³/mol. The van der Waals surface area contributed by atoms with Crippen LogP contribution in [0.2, 0.25) is 0 Å².